The molecular weight excluding hydrogens is 242 g/mol. The van der Waals surface area contributed by atoms with Gasteiger partial charge in [-0.3, -0.25) is 4.79 Å². The molecule has 0 saturated carbocycles. The van der Waals surface area contributed by atoms with Crippen molar-refractivity contribution < 1.29 is 4.79 Å². The maximum Gasteiger partial charge on any atom is 0.273 e. The minimum Gasteiger partial charge on any atom is -0.397 e. The molecule has 0 aliphatic rings. The second kappa shape index (κ2) is 4.82. The Hall–Kier alpha value is -2.81. The fraction of sp³-hybridized carbons (Fsp3) is 0.154. The number of nitrogen functional groups attached to an aromatic ring is 1. The van der Waals surface area contributed by atoms with Crippen LogP contribution in [0.5, 0.6) is 0 Å². The van der Waals surface area contributed by atoms with E-state index in [9.17, 15) is 4.79 Å². The maximum atomic E-state index is 11.8. The zero-order chi connectivity index (χ0) is 14.0. The van der Waals surface area contributed by atoms with Gasteiger partial charge in [-0.25, -0.2) is 4.68 Å². The molecule has 1 aromatic heterocycles. The van der Waals surface area contributed by atoms with E-state index in [0.29, 0.717) is 22.6 Å². The molecule has 19 heavy (non-hydrogen) atoms. The highest BCUT2D eigenvalue weighted by atomic mass is 16.2. The van der Waals surface area contributed by atoms with Crippen molar-refractivity contribution in [3.05, 3.63) is 41.7 Å². The number of nitrogens with zero attached hydrogens (tertiary/aromatic N) is 4. The van der Waals surface area contributed by atoms with Crippen LogP contribution in [-0.2, 0) is 0 Å². The third-order valence-corrected chi connectivity index (χ3v) is 2.62. The molecule has 0 radical (unpaired) electrons. The highest BCUT2D eigenvalue weighted by Gasteiger charge is 2.13. The summed E-state index contributed by atoms with van der Waals surface area (Å²) < 4.78 is 1.52. The number of rotatable bonds is 2. The first-order valence-electron chi connectivity index (χ1n) is 5.60. The number of anilines is 1. The summed E-state index contributed by atoms with van der Waals surface area (Å²) in [5.74, 6) is -0.175. The van der Waals surface area contributed by atoms with E-state index in [1.54, 1.807) is 44.6 Å². The van der Waals surface area contributed by atoms with Gasteiger partial charge in [0.25, 0.3) is 5.91 Å². The van der Waals surface area contributed by atoms with Crippen molar-refractivity contribution in [1.29, 1.82) is 5.26 Å². The number of hydrogen-bond acceptors (Lipinski definition) is 4. The van der Waals surface area contributed by atoms with Crippen molar-refractivity contribution in [3.63, 3.8) is 0 Å². The predicted molar refractivity (Wildman–Crippen MR) is 70.7 cm³/mol. The fourth-order valence-corrected chi connectivity index (χ4v) is 1.63. The molecule has 0 unspecified atom stereocenters. The van der Waals surface area contributed by atoms with Crippen LogP contribution in [-0.4, -0.2) is 34.7 Å². The minimum atomic E-state index is -0.175. The van der Waals surface area contributed by atoms with Gasteiger partial charge in [0.2, 0.25) is 0 Å². The van der Waals surface area contributed by atoms with Crippen molar-refractivity contribution in [2.24, 2.45) is 0 Å². The Morgan fingerprint density at radius 1 is 1.42 bits per heavy atom. The Morgan fingerprint density at radius 2 is 2.16 bits per heavy atom. The van der Waals surface area contributed by atoms with E-state index in [1.165, 1.54) is 9.58 Å². The summed E-state index contributed by atoms with van der Waals surface area (Å²) in [5, 5.41) is 13.0. The van der Waals surface area contributed by atoms with E-state index in [-0.39, 0.29) is 5.91 Å². The Labute approximate surface area is 110 Å². The van der Waals surface area contributed by atoms with Gasteiger partial charge in [-0.2, -0.15) is 10.4 Å². The number of benzene rings is 1. The fourth-order valence-electron chi connectivity index (χ4n) is 1.63. The molecule has 2 rings (SSSR count). The van der Waals surface area contributed by atoms with Crippen LogP contribution in [0.25, 0.3) is 5.69 Å². The van der Waals surface area contributed by atoms with Crippen molar-refractivity contribution in [1.82, 2.24) is 14.7 Å². The smallest absolute Gasteiger partial charge is 0.273 e. The first kappa shape index (κ1) is 12.6. The van der Waals surface area contributed by atoms with Crippen molar-refractivity contribution >= 4 is 11.6 Å². The van der Waals surface area contributed by atoms with E-state index in [1.807, 2.05) is 6.07 Å². The number of nitriles is 1. The average molecular weight is 255 g/mol. The van der Waals surface area contributed by atoms with Crippen LogP contribution in [0, 0.1) is 11.3 Å². The molecule has 1 aromatic carbocycles. The Morgan fingerprint density at radius 3 is 2.74 bits per heavy atom. The highest BCUT2D eigenvalue weighted by Crippen LogP contribution is 2.18. The second-order valence-electron chi connectivity index (χ2n) is 4.23. The van der Waals surface area contributed by atoms with Crippen molar-refractivity contribution in [2.75, 3.05) is 19.8 Å². The predicted octanol–water partition coefficient (Wildman–Crippen LogP) is 1.03. The summed E-state index contributed by atoms with van der Waals surface area (Å²) in [6.45, 7) is 0. The molecule has 1 amide bonds. The number of amides is 1. The van der Waals surface area contributed by atoms with Gasteiger partial charge in [0.05, 0.1) is 23.0 Å². The van der Waals surface area contributed by atoms with E-state index in [0.717, 1.165) is 0 Å². The maximum absolute atomic E-state index is 11.8. The number of hydrogen-bond donors (Lipinski definition) is 1. The van der Waals surface area contributed by atoms with Gasteiger partial charge >= 0.3 is 0 Å². The lowest BCUT2D eigenvalue weighted by Crippen LogP contribution is -2.22. The number of carbonyl (C=O) groups is 1. The van der Waals surface area contributed by atoms with E-state index in [2.05, 4.69) is 5.10 Å². The summed E-state index contributed by atoms with van der Waals surface area (Å²) in [5.41, 5.74) is 7.76. The summed E-state index contributed by atoms with van der Waals surface area (Å²) >= 11 is 0. The number of nitrogens with two attached hydrogens (primary N) is 1. The molecule has 2 N–H and O–H groups in total. The molecule has 0 bridgehead atoms. The monoisotopic (exact) mass is 255 g/mol. The van der Waals surface area contributed by atoms with Crippen LogP contribution in [0.4, 0.5) is 5.69 Å². The molecule has 0 saturated heterocycles. The van der Waals surface area contributed by atoms with E-state index in [4.69, 9.17) is 11.0 Å². The van der Waals surface area contributed by atoms with Crippen LogP contribution in [0.15, 0.2) is 30.5 Å². The van der Waals surface area contributed by atoms with Crippen LogP contribution in [0.3, 0.4) is 0 Å². The lowest BCUT2D eigenvalue weighted by Gasteiger charge is -2.08. The topological polar surface area (TPSA) is 87.9 Å². The third kappa shape index (κ3) is 2.40. The Bertz CT molecular complexity index is 666. The van der Waals surface area contributed by atoms with Gasteiger partial charge in [0, 0.05) is 20.3 Å². The molecule has 0 aliphatic carbocycles. The van der Waals surface area contributed by atoms with Crippen LogP contribution in [0.2, 0.25) is 0 Å². The van der Waals surface area contributed by atoms with Gasteiger partial charge in [0.15, 0.2) is 5.69 Å². The zero-order valence-electron chi connectivity index (χ0n) is 10.7. The van der Waals surface area contributed by atoms with Gasteiger partial charge in [-0.15, -0.1) is 0 Å². The zero-order valence-corrected chi connectivity index (χ0v) is 10.7. The van der Waals surface area contributed by atoms with Gasteiger partial charge in [-0.05, 0) is 24.3 Å². The summed E-state index contributed by atoms with van der Waals surface area (Å²) in [4.78, 5) is 13.2. The van der Waals surface area contributed by atoms with Gasteiger partial charge < -0.3 is 10.6 Å². The SMILES string of the molecule is CN(C)C(=O)c1ccn(-c2ccc(C#N)cc2N)n1. The Kier molecular flexibility index (Phi) is 3.21. The Balaban J connectivity index is 2.39. The molecular formula is C13H13N5O. The summed E-state index contributed by atoms with van der Waals surface area (Å²) in [7, 11) is 3.33. The van der Waals surface area contributed by atoms with Crippen molar-refractivity contribution in [2.45, 2.75) is 0 Å². The van der Waals surface area contributed by atoms with E-state index >= 15 is 0 Å². The molecule has 0 aliphatic heterocycles. The highest BCUT2D eigenvalue weighted by molar-refractivity contribution is 5.91. The summed E-state index contributed by atoms with van der Waals surface area (Å²) in [6.07, 6.45) is 1.66. The van der Waals surface area contributed by atoms with Crippen LogP contribution >= 0.6 is 0 Å². The standard InChI is InChI=1S/C13H13N5O/c1-17(2)13(19)11-5-6-18(16-11)12-4-3-9(8-14)7-10(12)15/h3-7H,15H2,1-2H3. The van der Waals surface area contributed by atoms with Gasteiger partial charge in [0.1, 0.15) is 0 Å². The number of aromatic nitrogens is 2. The van der Waals surface area contributed by atoms with E-state index < -0.39 is 0 Å². The molecule has 96 valence electrons. The second-order valence-corrected chi connectivity index (χ2v) is 4.23. The molecule has 1 heterocycles. The quantitative estimate of drug-likeness (QED) is 0.812. The normalized spacial score (nSPS) is 9.95. The summed E-state index contributed by atoms with van der Waals surface area (Å²) in [6, 6.07) is 8.57. The van der Waals surface area contributed by atoms with Crippen LogP contribution < -0.4 is 5.73 Å². The molecule has 2 aromatic rings. The lowest BCUT2D eigenvalue weighted by atomic mass is 10.2. The average Bonchev–Trinajstić information content (AvgIpc) is 2.86. The molecule has 0 atom stereocenters. The van der Waals surface area contributed by atoms with Gasteiger partial charge in [-0.1, -0.05) is 0 Å². The lowest BCUT2D eigenvalue weighted by molar-refractivity contribution is 0.0821. The largest absolute Gasteiger partial charge is 0.397 e. The molecule has 6 heteroatoms. The minimum absolute atomic E-state index is 0.175. The molecule has 0 fully saturated rings. The van der Waals surface area contributed by atoms with Crippen molar-refractivity contribution in [3.8, 4) is 11.8 Å². The van der Waals surface area contributed by atoms with Crippen LogP contribution in [0.1, 0.15) is 16.1 Å². The third-order valence-electron chi connectivity index (χ3n) is 2.62. The number of carbonyl (C=O) groups excluding carboxylic acids is 1. The molecule has 0 spiro atoms. The molecule has 6 nitrogen and oxygen atoms in total. The first-order chi connectivity index (χ1) is 9.02. The first-order valence-corrected chi connectivity index (χ1v) is 5.60.